The molecule has 0 radical (unpaired) electrons. The van der Waals surface area contributed by atoms with Gasteiger partial charge in [-0.3, -0.25) is 4.79 Å². The number of hydrogen-bond donors (Lipinski definition) is 1. The number of rotatable bonds is 1. The summed E-state index contributed by atoms with van der Waals surface area (Å²) in [6.45, 7) is 3.14. The number of hydrogen-bond acceptors (Lipinski definition) is 3. The van der Waals surface area contributed by atoms with Gasteiger partial charge in [0.05, 0.1) is 0 Å². The fraction of sp³-hybridized carbons (Fsp3) is 0.333. The van der Waals surface area contributed by atoms with Crippen LogP contribution in [-0.4, -0.2) is 27.5 Å². The first-order chi connectivity index (χ1) is 8.24. The van der Waals surface area contributed by atoms with Gasteiger partial charge in [0, 0.05) is 37.5 Å². The number of fused-ring (bicyclic) bond motifs is 1. The van der Waals surface area contributed by atoms with E-state index in [9.17, 15) is 4.79 Å². The molecule has 5 heteroatoms. The lowest BCUT2D eigenvalue weighted by Crippen LogP contribution is -2.35. The molecule has 0 fully saturated rings. The van der Waals surface area contributed by atoms with Crippen LogP contribution in [0.25, 0.3) is 0 Å². The second-order valence-electron chi connectivity index (χ2n) is 4.28. The number of aromatic amines is 1. The van der Waals surface area contributed by atoms with E-state index in [1.165, 1.54) is 11.3 Å². The smallest absolute Gasteiger partial charge is 0.276 e. The third kappa shape index (κ3) is 1.73. The average molecular weight is 231 g/mol. The fourth-order valence-electron chi connectivity index (χ4n) is 2.15. The maximum Gasteiger partial charge on any atom is 0.276 e. The van der Waals surface area contributed by atoms with Crippen LogP contribution >= 0.6 is 0 Å². The topological polar surface area (TPSA) is 62.1 Å². The lowest BCUT2D eigenvalue weighted by molar-refractivity contribution is 0.0723. The number of nitrogens with one attached hydrogen (secondary N) is 1. The van der Waals surface area contributed by atoms with E-state index in [1.54, 1.807) is 17.9 Å². The molecule has 0 aliphatic carbocycles. The van der Waals surface area contributed by atoms with E-state index in [-0.39, 0.29) is 5.91 Å². The van der Waals surface area contributed by atoms with E-state index < -0.39 is 0 Å². The summed E-state index contributed by atoms with van der Waals surface area (Å²) in [5.74, 6) is 0.599. The molecular weight excluding hydrogens is 218 g/mol. The van der Waals surface area contributed by atoms with Gasteiger partial charge >= 0.3 is 0 Å². The van der Waals surface area contributed by atoms with Crippen molar-refractivity contribution in [2.75, 3.05) is 6.54 Å². The summed E-state index contributed by atoms with van der Waals surface area (Å²) in [5, 5.41) is 3.76. The van der Waals surface area contributed by atoms with Gasteiger partial charge in [-0.1, -0.05) is 5.16 Å². The van der Waals surface area contributed by atoms with Gasteiger partial charge in [-0.25, -0.2) is 0 Å². The SMILES string of the molecule is Cc1cc(C(=O)N2CCc3[nH]ccc3C2)no1. The highest BCUT2D eigenvalue weighted by Crippen LogP contribution is 2.19. The lowest BCUT2D eigenvalue weighted by atomic mass is 10.1. The van der Waals surface area contributed by atoms with Crippen molar-refractivity contribution in [1.82, 2.24) is 15.0 Å². The summed E-state index contributed by atoms with van der Waals surface area (Å²) < 4.78 is 4.93. The van der Waals surface area contributed by atoms with Crippen LogP contribution in [0.1, 0.15) is 27.5 Å². The molecule has 0 unspecified atom stereocenters. The molecule has 0 aromatic carbocycles. The van der Waals surface area contributed by atoms with Crippen LogP contribution in [0.3, 0.4) is 0 Å². The van der Waals surface area contributed by atoms with Crippen molar-refractivity contribution in [3.05, 3.63) is 41.0 Å². The first-order valence-corrected chi connectivity index (χ1v) is 5.62. The van der Waals surface area contributed by atoms with E-state index in [4.69, 9.17) is 4.52 Å². The molecule has 17 heavy (non-hydrogen) atoms. The van der Waals surface area contributed by atoms with E-state index in [0.717, 1.165) is 13.0 Å². The van der Waals surface area contributed by atoms with E-state index in [1.807, 2.05) is 12.3 Å². The molecule has 0 bridgehead atoms. The zero-order valence-electron chi connectivity index (χ0n) is 9.56. The van der Waals surface area contributed by atoms with Gasteiger partial charge in [0.25, 0.3) is 5.91 Å². The largest absolute Gasteiger partial charge is 0.365 e. The molecule has 1 amide bonds. The van der Waals surface area contributed by atoms with Crippen LogP contribution in [0.4, 0.5) is 0 Å². The number of nitrogens with zero attached hydrogens (tertiary/aromatic N) is 2. The van der Waals surface area contributed by atoms with Crippen LogP contribution in [-0.2, 0) is 13.0 Å². The predicted octanol–water partition coefficient (Wildman–Crippen LogP) is 1.51. The molecule has 1 aliphatic rings. The Balaban J connectivity index is 1.81. The fourth-order valence-corrected chi connectivity index (χ4v) is 2.15. The summed E-state index contributed by atoms with van der Waals surface area (Å²) in [7, 11) is 0. The zero-order chi connectivity index (χ0) is 11.8. The molecule has 3 rings (SSSR count). The third-order valence-corrected chi connectivity index (χ3v) is 3.06. The van der Waals surface area contributed by atoms with Crippen molar-refractivity contribution in [3.63, 3.8) is 0 Å². The van der Waals surface area contributed by atoms with Gasteiger partial charge in [0.2, 0.25) is 0 Å². The van der Waals surface area contributed by atoms with Crippen LogP contribution in [0.15, 0.2) is 22.9 Å². The van der Waals surface area contributed by atoms with Crippen molar-refractivity contribution >= 4 is 5.91 Å². The maximum absolute atomic E-state index is 12.1. The Hall–Kier alpha value is -2.04. The predicted molar refractivity (Wildman–Crippen MR) is 60.5 cm³/mol. The molecule has 0 saturated heterocycles. The molecule has 0 atom stereocenters. The standard InChI is InChI=1S/C12H13N3O2/c1-8-6-11(14-17-8)12(16)15-5-3-10-9(7-15)2-4-13-10/h2,4,6,13H,3,5,7H2,1H3. The molecule has 2 aromatic heterocycles. The number of carbonyl (C=O) groups is 1. The second-order valence-corrected chi connectivity index (χ2v) is 4.28. The molecule has 1 aliphatic heterocycles. The maximum atomic E-state index is 12.1. The van der Waals surface area contributed by atoms with Gasteiger partial charge in [0.15, 0.2) is 5.69 Å². The Morgan fingerprint density at radius 3 is 3.24 bits per heavy atom. The number of aromatic nitrogens is 2. The van der Waals surface area contributed by atoms with Crippen LogP contribution in [0.5, 0.6) is 0 Å². The molecule has 2 aromatic rings. The van der Waals surface area contributed by atoms with Gasteiger partial charge in [-0.15, -0.1) is 0 Å². The van der Waals surface area contributed by atoms with Gasteiger partial charge in [-0.2, -0.15) is 0 Å². The van der Waals surface area contributed by atoms with Crippen molar-refractivity contribution < 1.29 is 9.32 Å². The number of carbonyl (C=O) groups excluding carboxylic acids is 1. The highest BCUT2D eigenvalue weighted by atomic mass is 16.5. The summed E-state index contributed by atoms with van der Waals surface area (Å²) in [5.41, 5.74) is 2.80. The molecule has 1 N–H and O–H groups in total. The Morgan fingerprint density at radius 2 is 2.47 bits per heavy atom. The summed E-state index contributed by atoms with van der Waals surface area (Å²) in [6.07, 6.45) is 2.78. The Kier molecular flexibility index (Phi) is 2.24. The quantitative estimate of drug-likeness (QED) is 0.809. The van der Waals surface area contributed by atoms with E-state index in [2.05, 4.69) is 10.1 Å². The number of aryl methyl sites for hydroxylation is 1. The first-order valence-electron chi connectivity index (χ1n) is 5.62. The van der Waals surface area contributed by atoms with Gasteiger partial charge in [-0.05, 0) is 18.6 Å². The molecule has 5 nitrogen and oxygen atoms in total. The van der Waals surface area contributed by atoms with Crippen molar-refractivity contribution in [2.24, 2.45) is 0 Å². The molecular formula is C12H13N3O2. The van der Waals surface area contributed by atoms with E-state index >= 15 is 0 Å². The molecule has 0 spiro atoms. The van der Waals surface area contributed by atoms with Crippen molar-refractivity contribution in [1.29, 1.82) is 0 Å². The van der Waals surface area contributed by atoms with Crippen molar-refractivity contribution in [3.8, 4) is 0 Å². The van der Waals surface area contributed by atoms with E-state index in [0.29, 0.717) is 18.0 Å². The summed E-state index contributed by atoms with van der Waals surface area (Å²) >= 11 is 0. The minimum Gasteiger partial charge on any atom is -0.365 e. The Bertz CT molecular complexity index is 556. The monoisotopic (exact) mass is 231 g/mol. The summed E-state index contributed by atoms with van der Waals surface area (Å²) in [4.78, 5) is 17.1. The summed E-state index contributed by atoms with van der Waals surface area (Å²) in [6, 6.07) is 3.69. The minimum atomic E-state index is -0.0614. The highest BCUT2D eigenvalue weighted by Gasteiger charge is 2.24. The van der Waals surface area contributed by atoms with Gasteiger partial charge < -0.3 is 14.4 Å². The molecule has 0 saturated carbocycles. The Labute approximate surface area is 98.4 Å². The van der Waals surface area contributed by atoms with Gasteiger partial charge in [0.1, 0.15) is 5.76 Å². The van der Waals surface area contributed by atoms with Crippen LogP contribution in [0, 0.1) is 6.92 Å². The molecule has 3 heterocycles. The number of H-pyrrole nitrogens is 1. The van der Waals surface area contributed by atoms with Crippen LogP contribution < -0.4 is 0 Å². The van der Waals surface area contributed by atoms with Crippen molar-refractivity contribution in [2.45, 2.75) is 19.9 Å². The molecule has 88 valence electrons. The first kappa shape index (κ1) is 10.1. The highest BCUT2D eigenvalue weighted by molar-refractivity contribution is 5.92. The minimum absolute atomic E-state index is 0.0614. The average Bonchev–Trinajstić information content (AvgIpc) is 2.95. The zero-order valence-corrected chi connectivity index (χ0v) is 9.56. The lowest BCUT2D eigenvalue weighted by Gasteiger charge is -2.26. The second kappa shape index (κ2) is 3.76. The number of amides is 1. The van der Waals surface area contributed by atoms with Crippen LogP contribution in [0.2, 0.25) is 0 Å². The normalized spacial score (nSPS) is 14.8. The third-order valence-electron chi connectivity index (χ3n) is 3.06. The Morgan fingerprint density at radius 1 is 1.59 bits per heavy atom.